The molecular formula is C69H60N4O. The first-order valence-electron chi connectivity index (χ1n) is 25.8. The third-order valence-corrected chi connectivity index (χ3v) is 14.8. The van der Waals surface area contributed by atoms with Gasteiger partial charge in [-0.05, 0) is 117 Å². The van der Waals surface area contributed by atoms with Crippen LogP contribution in [0.1, 0.15) is 58.2 Å². The molecule has 1 aliphatic heterocycles. The Kier molecular flexibility index (Phi) is 11.6. The molecule has 5 nitrogen and oxygen atoms in total. The molecule has 0 N–H and O–H groups in total. The molecule has 0 aliphatic carbocycles. The van der Waals surface area contributed by atoms with Gasteiger partial charge in [-0.1, -0.05) is 193 Å². The minimum Gasteiger partial charge on any atom is -0.457 e. The lowest BCUT2D eigenvalue weighted by molar-refractivity contribution is 0.483. The van der Waals surface area contributed by atoms with Crippen molar-refractivity contribution in [3.8, 4) is 61.8 Å². The lowest BCUT2D eigenvalue weighted by Crippen LogP contribution is -2.25. The number of hydrogen-bond donors (Lipinski definition) is 0. The number of pyridine rings is 1. The summed E-state index contributed by atoms with van der Waals surface area (Å²) in [4.78, 5) is 10.0. The summed E-state index contributed by atoms with van der Waals surface area (Å²) >= 11 is 0. The standard InChI is InChI=1S/C69H60N4O/c1-46-40-66(70-44-61(46)49-32-36-53(37-33-49)69(5,6)7)73-62-27-12-11-24-59(62)60-39-38-56(43-65(60)73)74-55-23-16-22-54(42-55)71-45-72(64-29-14-13-28-63(64)71)67-57(48-30-34-52(35-31-48)68(2,3)4)25-17-26-58(67)51-21-15-20-50(41-51)47-18-9-8-10-19-47/h8-44H,45H2,1-7H3. The van der Waals surface area contributed by atoms with Crippen molar-refractivity contribution in [2.75, 3.05) is 16.5 Å². The molecule has 3 heterocycles. The molecule has 1 aliphatic rings. The van der Waals surface area contributed by atoms with Crippen LogP contribution >= 0.6 is 0 Å². The summed E-state index contributed by atoms with van der Waals surface area (Å²) < 4.78 is 9.14. The zero-order chi connectivity index (χ0) is 50.7. The first kappa shape index (κ1) is 46.4. The second kappa shape index (κ2) is 18.4. The van der Waals surface area contributed by atoms with Crippen molar-refractivity contribution in [1.29, 1.82) is 0 Å². The van der Waals surface area contributed by atoms with Crippen molar-refractivity contribution in [3.05, 3.63) is 241 Å². The lowest BCUT2D eigenvalue weighted by Gasteiger charge is -2.28. The molecule has 0 saturated carbocycles. The third-order valence-electron chi connectivity index (χ3n) is 14.8. The summed E-state index contributed by atoms with van der Waals surface area (Å²) in [5.74, 6) is 2.38. The maximum Gasteiger partial charge on any atom is 0.137 e. The molecule has 0 radical (unpaired) electrons. The fourth-order valence-corrected chi connectivity index (χ4v) is 10.8. The molecule has 0 bridgehead atoms. The summed E-state index contributed by atoms with van der Waals surface area (Å²) in [6.07, 6.45) is 2.02. The average Bonchev–Trinajstić information content (AvgIpc) is 3.97. The van der Waals surface area contributed by atoms with Crippen LogP contribution in [-0.2, 0) is 10.8 Å². The summed E-state index contributed by atoms with van der Waals surface area (Å²) in [7, 11) is 0. The second-order valence-corrected chi connectivity index (χ2v) is 21.8. The van der Waals surface area contributed by atoms with Crippen LogP contribution < -0.4 is 14.5 Å². The first-order chi connectivity index (χ1) is 35.9. The fraction of sp³-hybridized carbons (Fsp3) is 0.145. The Labute approximate surface area is 435 Å². The number of rotatable bonds is 9. The Morgan fingerprint density at radius 2 is 0.986 bits per heavy atom. The van der Waals surface area contributed by atoms with Crippen molar-refractivity contribution in [3.63, 3.8) is 0 Å². The zero-order valence-corrected chi connectivity index (χ0v) is 43.3. The zero-order valence-electron chi connectivity index (χ0n) is 43.3. The van der Waals surface area contributed by atoms with Crippen LogP contribution in [0.3, 0.4) is 0 Å². The van der Waals surface area contributed by atoms with E-state index in [2.05, 4.69) is 281 Å². The monoisotopic (exact) mass is 960 g/mol. The van der Waals surface area contributed by atoms with E-state index in [1.54, 1.807) is 0 Å². The van der Waals surface area contributed by atoms with Crippen molar-refractivity contribution in [2.45, 2.75) is 59.3 Å². The van der Waals surface area contributed by atoms with E-state index in [4.69, 9.17) is 9.72 Å². The van der Waals surface area contributed by atoms with Crippen molar-refractivity contribution < 1.29 is 4.74 Å². The molecule has 0 spiro atoms. The van der Waals surface area contributed by atoms with E-state index in [-0.39, 0.29) is 10.8 Å². The van der Waals surface area contributed by atoms with Crippen LogP contribution in [0.5, 0.6) is 11.5 Å². The smallest absolute Gasteiger partial charge is 0.137 e. The molecule has 2 aromatic heterocycles. The molecule has 0 unspecified atom stereocenters. The summed E-state index contributed by atoms with van der Waals surface area (Å²) in [5, 5.41) is 2.32. The van der Waals surface area contributed by atoms with Gasteiger partial charge in [-0.2, -0.15) is 0 Å². The number of nitrogens with zero attached hydrogens (tertiary/aromatic N) is 4. The van der Waals surface area contributed by atoms with Gasteiger partial charge in [0.15, 0.2) is 0 Å². The normalized spacial score (nSPS) is 12.7. The number of aryl methyl sites for hydroxylation is 1. The van der Waals surface area contributed by atoms with Gasteiger partial charge in [-0.25, -0.2) is 4.98 Å². The number of aromatic nitrogens is 2. The van der Waals surface area contributed by atoms with E-state index in [0.29, 0.717) is 6.67 Å². The van der Waals surface area contributed by atoms with Crippen molar-refractivity contribution >= 4 is 44.6 Å². The number of fused-ring (bicyclic) bond motifs is 4. The van der Waals surface area contributed by atoms with Crippen molar-refractivity contribution in [1.82, 2.24) is 9.55 Å². The highest BCUT2D eigenvalue weighted by Crippen LogP contribution is 2.51. The number of benzene rings is 9. The van der Waals surface area contributed by atoms with Crippen molar-refractivity contribution in [2.24, 2.45) is 0 Å². The third kappa shape index (κ3) is 8.58. The molecular weight excluding hydrogens is 901 g/mol. The SMILES string of the molecule is Cc1cc(-n2c3ccccc3c3ccc(Oc4cccc(N5CN(c6c(-c7ccc(C(C)(C)C)cc7)cccc6-c6cccc(-c7ccccc7)c6)c6ccccc65)c4)cc32)ncc1-c1ccc(C(C)(C)C)cc1. The maximum absolute atomic E-state index is 6.87. The van der Waals surface area contributed by atoms with Crippen LogP contribution in [0, 0.1) is 6.92 Å². The molecule has 0 saturated heterocycles. The molecule has 12 rings (SSSR count). The quantitative estimate of drug-likeness (QED) is 0.144. The van der Waals surface area contributed by atoms with Crippen LogP contribution in [-0.4, -0.2) is 16.2 Å². The second-order valence-electron chi connectivity index (χ2n) is 21.8. The van der Waals surface area contributed by atoms with E-state index in [9.17, 15) is 0 Å². The largest absolute Gasteiger partial charge is 0.457 e. The van der Waals surface area contributed by atoms with Gasteiger partial charge in [0.25, 0.3) is 0 Å². The van der Waals surface area contributed by atoms with E-state index >= 15 is 0 Å². The van der Waals surface area contributed by atoms with Gasteiger partial charge in [0.05, 0.1) is 28.1 Å². The van der Waals surface area contributed by atoms with Gasteiger partial charge in [-0.3, -0.25) is 4.57 Å². The molecule has 5 heteroatoms. The Morgan fingerprint density at radius 1 is 0.419 bits per heavy atom. The summed E-state index contributed by atoms with van der Waals surface area (Å²) in [5.41, 5.74) is 20.0. The lowest BCUT2D eigenvalue weighted by atomic mass is 9.85. The molecule has 9 aromatic carbocycles. The summed E-state index contributed by atoms with van der Waals surface area (Å²) in [6.45, 7) is 16.4. The van der Waals surface area contributed by atoms with Gasteiger partial charge in [0.1, 0.15) is 24.0 Å². The summed E-state index contributed by atoms with van der Waals surface area (Å²) in [6, 6.07) is 79.0. The number of hydrogen-bond acceptors (Lipinski definition) is 4. The highest BCUT2D eigenvalue weighted by Gasteiger charge is 2.32. The van der Waals surface area contributed by atoms with Gasteiger partial charge < -0.3 is 14.5 Å². The van der Waals surface area contributed by atoms with E-state index in [0.717, 1.165) is 56.4 Å². The van der Waals surface area contributed by atoms with Crippen LogP contribution in [0.4, 0.5) is 22.7 Å². The number of para-hydroxylation sites is 4. The fourth-order valence-electron chi connectivity index (χ4n) is 10.8. The average molecular weight is 961 g/mol. The van der Waals surface area contributed by atoms with Crippen LogP contribution in [0.2, 0.25) is 0 Å². The van der Waals surface area contributed by atoms with E-state index in [1.165, 1.54) is 66.7 Å². The highest BCUT2D eigenvalue weighted by molar-refractivity contribution is 6.09. The number of anilines is 4. The van der Waals surface area contributed by atoms with E-state index < -0.39 is 0 Å². The molecule has 0 amide bonds. The minimum atomic E-state index is 0.0463. The maximum atomic E-state index is 6.87. The number of ether oxygens (including phenoxy) is 1. The highest BCUT2D eigenvalue weighted by atomic mass is 16.5. The van der Waals surface area contributed by atoms with Gasteiger partial charge in [-0.15, -0.1) is 0 Å². The van der Waals surface area contributed by atoms with Gasteiger partial charge in [0, 0.05) is 51.5 Å². The molecule has 0 atom stereocenters. The molecule has 11 aromatic rings. The molecule has 362 valence electrons. The molecule has 74 heavy (non-hydrogen) atoms. The topological polar surface area (TPSA) is 33.5 Å². The van der Waals surface area contributed by atoms with E-state index in [1.807, 2.05) is 6.20 Å². The first-order valence-corrected chi connectivity index (χ1v) is 25.8. The Morgan fingerprint density at radius 3 is 1.69 bits per heavy atom. The Balaban J connectivity index is 0.902. The predicted molar refractivity (Wildman–Crippen MR) is 311 cm³/mol. The van der Waals surface area contributed by atoms with Crippen LogP contribution in [0.25, 0.3) is 72.1 Å². The van der Waals surface area contributed by atoms with Crippen LogP contribution in [0.15, 0.2) is 225 Å². The minimum absolute atomic E-state index is 0.0463. The van der Waals surface area contributed by atoms with Gasteiger partial charge in [0.2, 0.25) is 0 Å². The molecule has 0 fully saturated rings. The Bertz CT molecular complexity index is 3870. The predicted octanol–water partition coefficient (Wildman–Crippen LogP) is 18.8. The Hall–Kier alpha value is -8.67. The van der Waals surface area contributed by atoms with Gasteiger partial charge >= 0.3 is 0 Å².